The molecule has 2 heterocycles. The maximum Gasteiger partial charge on any atom is 0.358 e. The summed E-state index contributed by atoms with van der Waals surface area (Å²) in [6, 6.07) is 11.4. The first-order valence-corrected chi connectivity index (χ1v) is 7.31. The smallest absolute Gasteiger partial charge is 0.358 e. The normalized spacial score (nSPS) is 11.4. The van der Waals surface area contributed by atoms with Gasteiger partial charge in [0.1, 0.15) is 5.65 Å². The Bertz CT molecular complexity index is 895. The second-order valence-electron chi connectivity index (χ2n) is 5.19. The average Bonchev–Trinajstić information content (AvgIpc) is 2.94. The van der Waals surface area contributed by atoms with Crippen molar-refractivity contribution in [2.45, 2.75) is 20.3 Å². The fourth-order valence-corrected chi connectivity index (χ4v) is 2.33. The van der Waals surface area contributed by atoms with Crippen molar-refractivity contribution in [2.24, 2.45) is 10.2 Å². The van der Waals surface area contributed by atoms with Gasteiger partial charge >= 0.3 is 5.97 Å². The quantitative estimate of drug-likeness (QED) is 0.729. The molecular weight excluding hydrogens is 292 g/mol. The molecule has 0 aliphatic carbocycles. The lowest BCUT2D eigenvalue weighted by molar-refractivity contribution is 0.0692. The lowest BCUT2D eigenvalue weighted by Gasteiger charge is -1.99. The van der Waals surface area contributed by atoms with Crippen molar-refractivity contribution < 1.29 is 9.90 Å². The van der Waals surface area contributed by atoms with E-state index in [4.69, 9.17) is 0 Å². The van der Waals surface area contributed by atoms with E-state index in [9.17, 15) is 9.90 Å². The van der Waals surface area contributed by atoms with Gasteiger partial charge in [-0.3, -0.25) is 4.40 Å². The number of aryl methyl sites for hydroxylation is 2. The second-order valence-corrected chi connectivity index (χ2v) is 5.19. The van der Waals surface area contributed by atoms with Crippen molar-refractivity contribution >= 4 is 23.1 Å². The van der Waals surface area contributed by atoms with Crippen LogP contribution in [0.4, 0.5) is 11.5 Å². The summed E-state index contributed by atoms with van der Waals surface area (Å²) in [4.78, 5) is 15.6. The minimum atomic E-state index is -1.12. The molecule has 0 bridgehead atoms. The van der Waals surface area contributed by atoms with E-state index < -0.39 is 5.97 Å². The van der Waals surface area contributed by atoms with E-state index in [2.05, 4.69) is 22.1 Å². The molecule has 3 rings (SSSR count). The molecule has 6 nitrogen and oxygen atoms in total. The van der Waals surface area contributed by atoms with Gasteiger partial charge in [0.25, 0.3) is 0 Å². The largest absolute Gasteiger partial charge is 0.476 e. The summed E-state index contributed by atoms with van der Waals surface area (Å²) < 4.78 is 1.64. The second kappa shape index (κ2) is 6.00. The van der Waals surface area contributed by atoms with E-state index in [1.165, 1.54) is 5.56 Å². The molecule has 0 spiro atoms. The third-order valence-corrected chi connectivity index (χ3v) is 3.63. The Labute approximate surface area is 133 Å². The van der Waals surface area contributed by atoms with Crippen LogP contribution < -0.4 is 0 Å². The minimum absolute atomic E-state index is 0.103. The zero-order valence-electron chi connectivity index (χ0n) is 12.9. The van der Waals surface area contributed by atoms with Crippen LogP contribution in [0.2, 0.25) is 0 Å². The first-order valence-electron chi connectivity index (χ1n) is 7.31. The monoisotopic (exact) mass is 308 g/mol. The summed E-state index contributed by atoms with van der Waals surface area (Å²) in [5.41, 5.74) is 3.22. The number of benzene rings is 1. The number of fused-ring (bicyclic) bond motifs is 1. The molecule has 0 saturated heterocycles. The predicted octanol–water partition coefficient (Wildman–Crippen LogP) is 4.32. The lowest BCUT2D eigenvalue weighted by atomic mass is 10.2. The van der Waals surface area contributed by atoms with Crippen molar-refractivity contribution in [1.29, 1.82) is 0 Å². The number of aromatic nitrogens is 2. The molecule has 0 atom stereocenters. The third-order valence-electron chi connectivity index (χ3n) is 3.63. The topological polar surface area (TPSA) is 79.3 Å². The maximum absolute atomic E-state index is 11.4. The Kier molecular flexibility index (Phi) is 3.89. The highest BCUT2D eigenvalue weighted by Gasteiger charge is 2.19. The lowest BCUT2D eigenvalue weighted by Crippen LogP contribution is -1.96. The van der Waals surface area contributed by atoms with Gasteiger partial charge in [-0.1, -0.05) is 25.1 Å². The first-order chi connectivity index (χ1) is 11.1. The molecule has 0 amide bonds. The predicted molar refractivity (Wildman–Crippen MR) is 86.9 cm³/mol. The molecule has 0 aliphatic rings. The molecule has 116 valence electrons. The minimum Gasteiger partial charge on any atom is -0.476 e. The Balaban J connectivity index is 2.07. The summed E-state index contributed by atoms with van der Waals surface area (Å²) >= 11 is 0. The van der Waals surface area contributed by atoms with Gasteiger partial charge in [0.15, 0.2) is 11.5 Å². The highest BCUT2D eigenvalue weighted by atomic mass is 16.4. The number of azo groups is 1. The molecule has 0 saturated carbocycles. The Hall–Kier alpha value is -3.02. The van der Waals surface area contributed by atoms with Gasteiger partial charge < -0.3 is 5.11 Å². The Morgan fingerprint density at radius 2 is 1.96 bits per heavy atom. The van der Waals surface area contributed by atoms with E-state index in [-0.39, 0.29) is 11.5 Å². The average molecular weight is 308 g/mol. The van der Waals surface area contributed by atoms with Crippen molar-refractivity contribution in [1.82, 2.24) is 9.38 Å². The van der Waals surface area contributed by atoms with Crippen molar-refractivity contribution in [3.05, 3.63) is 59.4 Å². The number of rotatable bonds is 4. The van der Waals surface area contributed by atoms with Crippen LogP contribution >= 0.6 is 0 Å². The highest BCUT2D eigenvalue weighted by Crippen LogP contribution is 2.25. The molecule has 0 fully saturated rings. The summed E-state index contributed by atoms with van der Waals surface area (Å²) in [6.07, 6.45) is 2.68. The molecule has 0 aliphatic heterocycles. The van der Waals surface area contributed by atoms with Crippen LogP contribution in [0.5, 0.6) is 0 Å². The SMILES string of the molecule is CCc1ccc(N=Nc2c(C(=O)O)nc3c(C)cccn23)cc1. The number of carboxylic acids is 1. The number of carboxylic acid groups (broad SMARTS) is 1. The Morgan fingerprint density at radius 1 is 1.22 bits per heavy atom. The van der Waals surface area contributed by atoms with Crippen LogP contribution in [0.1, 0.15) is 28.5 Å². The number of hydrogen-bond donors (Lipinski definition) is 1. The zero-order valence-corrected chi connectivity index (χ0v) is 12.9. The van der Waals surface area contributed by atoms with Gasteiger partial charge in [-0.25, -0.2) is 9.78 Å². The number of hydrogen-bond acceptors (Lipinski definition) is 4. The molecule has 1 N–H and O–H groups in total. The van der Waals surface area contributed by atoms with Gasteiger partial charge in [0.05, 0.1) is 5.69 Å². The van der Waals surface area contributed by atoms with Crippen LogP contribution in [0.15, 0.2) is 52.8 Å². The standard InChI is InChI=1S/C17H16N4O2/c1-3-12-6-8-13(9-7-12)19-20-16-14(17(22)23)18-15-11(2)5-4-10-21(15)16/h4-10H,3H2,1-2H3,(H,22,23). The fraction of sp³-hybridized carbons (Fsp3) is 0.176. The number of imidazole rings is 1. The van der Waals surface area contributed by atoms with Gasteiger partial charge in [0.2, 0.25) is 0 Å². The number of pyridine rings is 1. The van der Waals surface area contributed by atoms with E-state index in [1.54, 1.807) is 10.6 Å². The maximum atomic E-state index is 11.4. The first kappa shape index (κ1) is 14.9. The third kappa shape index (κ3) is 2.83. The van der Waals surface area contributed by atoms with E-state index in [0.717, 1.165) is 12.0 Å². The molecule has 2 aromatic heterocycles. The summed E-state index contributed by atoms with van der Waals surface area (Å²) in [6.45, 7) is 3.95. The van der Waals surface area contributed by atoms with Crippen molar-refractivity contribution in [3.8, 4) is 0 Å². The summed E-state index contributed by atoms with van der Waals surface area (Å²) in [7, 11) is 0. The van der Waals surface area contributed by atoms with Gasteiger partial charge in [-0.2, -0.15) is 0 Å². The number of aromatic carboxylic acids is 1. The van der Waals surface area contributed by atoms with Gasteiger partial charge in [0, 0.05) is 6.20 Å². The Morgan fingerprint density at radius 3 is 2.61 bits per heavy atom. The van der Waals surface area contributed by atoms with Crippen LogP contribution in [0, 0.1) is 6.92 Å². The van der Waals surface area contributed by atoms with E-state index in [0.29, 0.717) is 11.3 Å². The molecule has 0 unspecified atom stereocenters. The van der Waals surface area contributed by atoms with Crippen LogP contribution in [0.3, 0.4) is 0 Å². The fourth-order valence-electron chi connectivity index (χ4n) is 2.33. The highest BCUT2D eigenvalue weighted by molar-refractivity contribution is 5.92. The molecule has 3 aromatic rings. The van der Waals surface area contributed by atoms with Crippen LogP contribution in [-0.4, -0.2) is 20.5 Å². The van der Waals surface area contributed by atoms with Crippen molar-refractivity contribution in [3.63, 3.8) is 0 Å². The van der Waals surface area contributed by atoms with E-state index in [1.807, 2.05) is 43.3 Å². The van der Waals surface area contributed by atoms with Gasteiger partial charge in [-0.05, 0) is 42.7 Å². The number of nitrogens with zero attached hydrogens (tertiary/aromatic N) is 4. The summed E-state index contributed by atoms with van der Waals surface area (Å²) in [5, 5.41) is 17.6. The van der Waals surface area contributed by atoms with Crippen LogP contribution in [0.25, 0.3) is 5.65 Å². The molecular formula is C17H16N4O2. The molecule has 1 aromatic carbocycles. The summed E-state index contributed by atoms with van der Waals surface area (Å²) in [5.74, 6) is -0.904. The molecule has 6 heteroatoms. The molecule has 0 radical (unpaired) electrons. The van der Waals surface area contributed by atoms with Crippen LogP contribution in [-0.2, 0) is 6.42 Å². The van der Waals surface area contributed by atoms with Gasteiger partial charge in [-0.15, -0.1) is 10.2 Å². The zero-order chi connectivity index (χ0) is 16.4. The van der Waals surface area contributed by atoms with E-state index >= 15 is 0 Å². The molecule has 23 heavy (non-hydrogen) atoms. The number of carbonyl (C=O) groups is 1. The van der Waals surface area contributed by atoms with Crippen molar-refractivity contribution in [2.75, 3.05) is 0 Å².